The number of aliphatic hydroxyl groups is 2. The molecule has 1 saturated carbocycles. The number of aliphatic imine (C=N–C) groups is 1. The third-order valence-electron chi connectivity index (χ3n) is 13.5. The van der Waals surface area contributed by atoms with E-state index in [-0.39, 0.29) is 42.9 Å². The molecule has 2 amide bonds. The number of aromatic amines is 1. The first-order valence-electron chi connectivity index (χ1n) is 25.2. The number of aromatic nitrogens is 5. The average molecular weight is 987 g/mol. The van der Waals surface area contributed by atoms with Gasteiger partial charge in [-0.25, -0.2) is 4.39 Å². The van der Waals surface area contributed by atoms with Crippen molar-refractivity contribution in [2.75, 3.05) is 5.32 Å². The van der Waals surface area contributed by atoms with E-state index < -0.39 is 30.1 Å². The SMILES string of the molecule is CC(C)c1c(C(=O)Nc2ccccc2)c(-c2ccccc2)c(-c2ccc(F)cc2)n1CC[C@@H](O)C[C@@H](O)CC(=O)O.CCCCC1=NC2(CCCC2)C(=O)N1Cc1ccc(-c2ccccc2-c2nn[nH]n2)cc1. The Hall–Kier alpha value is -7.62. The van der Waals surface area contributed by atoms with Gasteiger partial charge < -0.3 is 25.2 Å². The van der Waals surface area contributed by atoms with Crippen LogP contribution in [-0.4, -0.2) is 86.8 Å². The summed E-state index contributed by atoms with van der Waals surface area (Å²) in [7, 11) is 0. The number of carboxylic acid groups (broad SMARTS) is 1. The maximum Gasteiger partial charge on any atom is 0.305 e. The fourth-order valence-corrected chi connectivity index (χ4v) is 10.1. The minimum atomic E-state index is -1.18. The first-order valence-corrected chi connectivity index (χ1v) is 25.2. The van der Waals surface area contributed by atoms with Crippen LogP contribution in [0.15, 0.2) is 138 Å². The van der Waals surface area contributed by atoms with E-state index in [2.05, 4.69) is 63.2 Å². The van der Waals surface area contributed by atoms with Gasteiger partial charge in [-0.05, 0) is 107 Å². The first-order chi connectivity index (χ1) is 35.4. The Kier molecular flexibility index (Phi) is 16.8. The van der Waals surface area contributed by atoms with Gasteiger partial charge in [0.2, 0.25) is 5.82 Å². The Morgan fingerprint density at radius 2 is 1.45 bits per heavy atom. The van der Waals surface area contributed by atoms with E-state index in [1.54, 1.807) is 12.1 Å². The van der Waals surface area contributed by atoms with Crippen LogP contribution in [0.25, 0.3) is 44.9 Å². The molecule has 1 fully saturated rings. The lowest BCUT2D eigenvalue weighted by Gasteiger charge is -2.23. The van der Waals surface area contributed by atoms with Gasteiger partial charge in [-0.15, -0.1) is 10.2 Å². The number of benzene rings is 5. The minimum absolute atomic E-state index is 0.0939. The largest absolute Gasteiger partial charge is 0.481 e. The van der Waals surface area contributed by atoms with Crippen LogP contribution >= 0.6 is 0 Å². The quantitative estimate of drug-likeness (QED) is 0.0523. The Balaban J connectivity index is 0.000000200. The molecule has 73 heavy (non-hydrogen) atoms. The number of rotatable bonds is 19. The molecule has 1 aliphatic heterocycles. The predicted molar refractivity (Wildman–Crippen MR) is 281 cm³/mol. The van der Waals surface area contributed by atoms with Crippen LogP contribution in [0.3, 0.4) is 0 Å². The predicted octanol–water partition coefficient (Wildman–Crippen LogP) is 11.1. The topological polar surface area (TPSA) is 199 Å². The number of H-pyrrole nitrogens is 1. The van der Waals surface area contributed by atoms with Crippen LogP contribution in [0.1, 0.15) is 113 Å². The number of carbonyl (C=O) groups excluding carboxylic acids is 2. The standard InChI is InChI=1S/C33H35FN2O5.C25H28N6O/c1-21(2)31-30(33(41)35-25-11-7-4-8-12-25)29(22-9-5-3-6-10-22)32(23-13-15-24(34)16-14-23)36(31)18-17-26(37)19-27(38)20-28(39)40;1-2-3-10-22-26-25(15-6-7-16-25)24(32)31(22)17-18-11-13-19(14-12-18)20-8-4-5-9-21(20)23-27-29-30-28-23/h3-16,21,26-27,37-38H,17-20H2,1-2H3,(H,35,41)(H,39,40);4-5,8-9,11-14H,2-3,6-7,10,15-17H2,1H3,(H,27,28,29,30)/t26-,27-;/m1./s1. The molecule has 1 spiro atoms. The van der Waals surface area contributed by atoms with E-state index in [0.29, 0.717) is 40.4 Å². The highest BCUT2D eigenvalue weighted by molar-refractivity contribution is 6.12. The Morgan fingerprint density at radius 1 is 0.808 bits per heavy atom. The van der Waals surface area contributed by atoms with Crippen LogP contribution in [-0.2, 0) is 22.7 Å². The highest BCUT2D eigenvalue weighted by Crippen LogP contribution is 2.43. The van der Waals surface area contributed by atoms with Gasteiger partial charge in [-0.1, -0.05) is 137 Å². The molecule has 1 aliphatic carbocycles. The monoisotopic (exact) mass is 986 g/mol. The van der Waals surface area contributed by atoms with Gasteiger partial charge in [0.15, 0.2) is 0 Å². The summed E-state index contributed by atoms with van der Waals surface area (Å²) in [5, 5.41) is 47.2. The number of unbranched alkanes of at least 4 members (excludes halogenated alkanes) is 1. The van der Waals surface area contributed by atoms with Crippen molar-refractivity contribution >= 4 is 29.3 Å². The second-order valence-electron chi connectivity index (χ2n) is 19.2. The lowest BCUT2D eigenvalue weighted by atomic mass is 9.94. The van der Waals surface area contributed by atoms with Crippen molar-refractivity contribution in [3.05, 3.63) is 156 Å². The number of carbonyl (C=O) groups is 3. The van der Waals surface area contributed by atoms with Crippen molar-refractivity contribution in [1.82, 2.24) is 30.1 Å². The molecule has 0 radical (unpaired) electrons. The number of nitrogens with one attached hydrogen (secondary N) is 2. The minimum Gasteiger partial charge on any atom is -0.481 e. The molecular weight excluding hydrogens is 924 g/mol. The summed E-state index contributed by atoms with van der Waals surface area (Å²) in [6, 6.07) is 41.2. The average Bonchev–Trinajstić information content (AvgIpc) is 4.21. The second kappa shape index (κ2) is 23.7. The normalized spacial score (nSPS) is 14.8. The molecule has 2 aromatic heterocycles. The summed E-state index contributed by atoms with van der Waals surface area (Å²) in [5.74, 6) is -0.181. The van der Waals surface area contributed by atoms with Crippen molar-refractivity contribution in [2.24, 2.45) is 4.99 Å². The zero-order valence-electron chi connectivity index (χ0n) is 41.5. The molecule has 5 aromatic carbocycles. The molecule has 7 aromatic rings. The van der Waals surface area contributed by atoms with Crippen molar-refractivity contribution in [3.8, 4) is 44.9 Å². The molecule has 378 valence electrons. The number of aliphatic hydroxyl groups excluding tert-OH is 2. The lowest BCUT2D eigenvalue weighted by molar-refractivity contribution is -0.139. The summed E-state index contributed by atoms with van der Waals surface area (Å²) in [5.41, 5.74) is 8.46. The molecule has 14 nitrogen and oxygen atoms in total. The Bertz CT molecular complexity index is 2990. The Labute approximate surface area is 425 Å². The fourth-order valence-electron chi connectivity index (χ4n) is 10.1. The van der Waals surface area contributed by atoms with Crippen molar-refractivity contribution in [1.29, 1.82) is 0 Å². The lowest BCUT2D eigenvalue weighted by Crippen LogP contribution is -2.40. The summed E-state index contributed by atoms with van der Waals surface area (Å²) >= 11 is 0. The van der Waals surface area contributed by atoms with E-state index in [9.17, 15) is 29.0 Å². The summed E-state index contributed by atoms with van der Waals surface area (Å²) < 4.78 is 16.0. The number of halogens is 1. The van der Waals surface area contributed by atoms with Gasteiger partial charge in [0.05, 0.1) is 36.4 Å². The van der Waals surface area contributed by atoms with Crippen molar-refractivity contribution in [2.45, 2.75) is 122 Å². The number of tetrazole rings is 1. The molecule has 9 rings (SSSR count). The molecule has 0 saturated heterocycles. The maximum absolute atomic E-state index is 14.0. The van der Waals surface area contributed by atoms with Crippen LogP contribution in [0.2, 0.25) is 0 Å². The molecule has 3 heterocycles. The van der Waals surface area contributed by atoms with Gasteiger partial charge in [0.25, 0.3) is 11.8 Å². The van der Waals surface area contributed by atoms with Crippen LogP contribution < -0.4 is 5.32 Å². The smallest absolute Gasteiger partial charge is 0.305 e. The van der Waals surface area contributed by atoms with Crippen LogP contribution in [0.4, 0.5) is 10.1 Å². The Morgan fingerprint density at radius 3 is 2.08 bits per heavy atom. The van der Waals surface area contributed by atoms with E-state index in [4.69, 9.17) is 10.1 Å². The molecule has 2 atom stereocenters. The third-order valence-corrected chi connectivity index (χ3v) is 13.5. The molecule has 2 aliphatic rings. The maximum atomic E-state index is 14.0. The molecule has 15 heteroatoms. The van der Waals surface area contributed by atoms with Crippen molar-refractivity contribution in [3.63, 3.8) is 0 Å². The van der Waals surface area contributed by atoms with Crippen LogP contribution in [0.5, 0.6) is 0 Å². The molecular formula is C58H63FN8O6. The number of anilines is 1. The third kappa shape index (κ3) is 12.2. The molecule has 0 bridgehead atoms. The summed E-state index contributed by atoms with van der Waals surface area (Å²) in [4.78, 5) is 45.3. The number of amides is 2. The number of nitrogens with zero attached hydrogens (tertiary/aromatic N) is 6. The summed E-state index contributed by atoms with van der Waals surface area (Å²) in [6.07, 6.45) is 4.50. The highest BCUT2D eigenvalue weighted by Gasteiger charge is 2.49. The van der Waals surface area contributed by atoms with Gasteiger partial charge in [-0.3, -0.25) is 24.3 Å². The number of carboxylic acids is 1. The fraction of sp³-hybridized carbons (Fsp3) is 0.328. The first kappa shape index (κ1) is 51.7. The number of para-hydroxylation sites is 1. The molecule has 0 unspecified atom stereocenters. The second-order valence-corrected chi connectivity index (χ2v) is 19.2. The van der Waals surface area contributed by atoms with E-state index in [0.717, 1.165) is 84.3 Å². The number of hydrogen-bond donors (Lipinski definition) is 5. The van der Waals surface area contributed by atoms with E-state index in [1.165, 1.54) is 12.1 Å². The number of aliphatic carboxylic acids is 1. The number of amidine groups is 1. The van der Waals surface area contributed by atoms with Gasteiger partial charge in [0, 0.05) is 35.5 Å². The molecule has 5 N–H and O–H groups in total. The highest BCUT2D eigenvalue weighted by atomic mass is 19.1. The van der Waals surface area contributed by atoms with Gasteiger partial charge >= 0.3 is 5.97 Å². The zero-order chi connectivity index (χ0) is 51.5. The zero-order valence-corrected chi connectivity index (χ0v) is 41.5. The van der Waals surface area contributed by atoms with E-state index in [1.807, 2.05) is 102 Å². The van der Waals surface area contributed by atoms with Gasteiger partial charge in [-0.2, -0.15) is 5.21 Å². The van der Waals surface area contributed by atoms with Crippen LogP contribution in [0, 0.1) is 5.82 Å². The van der Waals surface area contributed by atoms with E-state index >= 15 is 0 Å². The summed E-state index contributed by atoms with van der Waals surface area (Å²) in [6.45, 7) is 7.01. The van der Waals surface area contributed by atoms with Gasteiger partial charge in [0.1, 0.15) is 17.2 Å². The van der Waals surface area contributed by atoms with Crippen molar-refractivity contribution < 1.29 is 34.1 Å². The number of hydrogen-bond acceptors (Lipinski definition) is 9.